The number of carbonyl (C=O) groups is 1. The van der Waals surface area contributed by atoms with Crippen molar-refractivity contribution in [3.63, 3.8) is 0 Å². The topological polar surface area (TPSA) is 81.9 Å². The molecule has 1 aromatic carbocycles. The van der Waals surface area contributed by atoms with Crippen molar-refractivity contribution < 1.29 is 9.53 Å². The van der Waals surface area contributed by atoms with Crippen molar-refractivity contribution >= 4 is 11.9 Å². The van der Waals surface area contributed by atoms with Gasteiger partial charge in [-0.2, -0.15) is 4.68 Å². The largest absolute Gasteiger partial charge is 0.466 e. The van der Waals surface area contributed by atoms with Gasteiger partial charge in [0.1, 0.15) is 0 Å². The third kappa shape index (κ3) is 3.51. The fraction of sp³-hybridized carbons (Fsp3) is 0.333. The number of benzene rings is 1. The maximum absolute atomic E-state index is 11.2. The number of aromatic nitrogens is 4. The molecule has 0 bridgehead atoms. The Morgan fingerprint density at radius 2 is 2.16 bits per heavy atom. The van der Waals surface area contributed by atoms with E-state index in [1.807, 2.05) is 30.3 Å². The van der Waals surface area contributed by atoms with Gasteiger partial charge in [-0.1, -0.05) is 23.3 Å². The normalized spacial score (nSPS) is 10.2. The number of esters is 1. The maximum atomic E-state index is 11.2. The Labute approximate surface area is 110 Å². The second kappa shape index (κ2) is 6.48. The number of hydrogen-bond donors (Lipinski definition) is 1. The molecule has 0 aliphatic carbocycles. The molecule has 0 amide bonds. The number of tetrazole rings is 1. The van der Waals surface area contributed by atoms with Gasteiger partial charge >= 0.3 is 5.97 Å². The first-order chi connectivity index (χ1) is 9.31. The molecular formula is C12H15N5O2. The van der Waals surface area contributed by atoms with E-state index in [-0.39, 0.29) is 12.4 Å². The summed E-state index contributed by atoms with van der Waals surface area (Å²) in [6.07, 6.45) is 0.273. The summed E-state index contributed by atoms with van der Waals surface area (Å²) in [6, 6.07) is 9.51. The molecule has 0 spiro atoms. The SMILES string of the molecule is CCOC(=O)CCNc1nnnn1-c1ccccc1. The summed E-state index contributed by atoms with van der Waals surface area (Å²) in [4.78, 5) is 11.2. The van der Waals surface area contributed by atoms with E-state index in [4.69, 9.17) is 4.74 Å². The van der Waals surface area contributed by atoms with E-state index in [0.29, 0.717) is 19.1 Å². The first kappa shape index (κ1) is 13.0. The molecule has 0 radical (unpaired) electrons. The molecule has 0 saturated heterocycles. The Hall–Kier alpha value is -2.44. The van der Waals surface area contributed by atoms with Gasteiger partial charge < -0.3 is 10.1 Å². The van der Waals surface area contributed by atoms with E-state index in [1.54, 1.807) is 11.6 Å². The summed E-state index contributed by atoms with van der Waals surface area (Å²) in [6.45, 7) is 2.59. The summed E-state index contributed by atoms with van der Waals surface area (Å²) in [5, 5.41) is 14.4. The van der Waals surface area contributed by atoms with Gasteiger partial charge in [-0.25, -0.2) is 0 Å². The summed E-state index contributed by atoms with van der Waals surface area (Å²) in [5.41, 5.74) is 0.853. The molecule has 0 aliphatic rings. The van der Waals surface area contributed by atoms with Crippen LogP contribution in [-0.2, 0) is 9.53 Å². The van der Waals surface area contributed by atoms with Crippen molar-refractivity contribution in [2.75, 3.05) is 18.5 Å². The van der Waals surface area contributed by atoms with Gasteiger partial charge in [0.15, 0.2) is 0 Å². The van der Waals surface area contributed by atoms with Gasteiger partial charge in [0.25, 0.3) is 0 Å². The molecule has 0 aliphatic heterocycles. The highest BCUT2D eigenvalue weighted by Crippen LogP contribution is 2.10. The maximum Gasteiger partial charge on any atom is 0.307 e. The van der Waals surface area contributed by atoms with Crippen LogP contribution in [0.1, 0.15) is 13.3 Å². The highest BCUT2D eigenvalue weighted by molar-refractivity contribution is 5.69. The zero-order valence-corrected chi connectivity index (χ0v) is 10.6. The van der Waals surface area contributed by atoms with Gasteiger partial charge in [-0.15, -0.1) is 0 Å². The average molecular weight is 261 g/mol. The molecule has 7 nitrogen and oxygen atoms in total. The Morgan fingerprint density at radius 3 is 2.89 bits per heavy atom. The highest BCUT2D eigenvalue weighted by atomic mass is 16.5. The second-order valence-corrected chi connectivity index (χ2v) is 3.73. The molecule has 19 heavy (non-hydrogen) atoms. The van der Waals surface area contributed by atoms with Crippen molar-refractivity contribution in [1.29, 1.82) is 0 Å². The van der Waals surface area contributed by atoms with Gasteiger partial charge in [0.05, 0.1) is 18.7 Å². The number of rotatable bonds is 6. The van der Waals surface area contributed by atoms with E-state index in [9.17, 15) is 4.79 Å². The van der Waals surface area contributed by atoms with E-state index >= 15 is 0 Å². The number of nitrogens with zero attached hydrogens (tertiary/aromatic N) is 4. The lowest BCUT2D eigenvalue weighted by atomic mass is 10.3. The smallest absolute Gasteiger partial charge is 0.307 e. The quantitative estimate of drug-likeness (QED) is 0.782. The predicted molar refractivity (Wildman–Crippen MR) is 68.9 cm³/mol. The summed E-state index contributed by atoms with van der Waals surface area (Å²) >= 11 is 0. The molecule has 0 saturated carbocycles. The number of nitrogens with one attached hydrogen (secondary N) is 1. The number of hydrogen-bond acceptors (Lipinski definition) is 6. The molecule has 100 valence electrons. The number of carbonyl (C=O) groups excluding carboxylic acids is 1. The van der Waals surface area contributed by atoms with E-state index in [1.165, 1.54) is 0 Å². The van der Waals surface area contributed by atoms with Crippen molar-refractivity contribution in [1.82, 2.24) is 20.2 Å². The minimum Gasteiger partial charge on any atom is -0.466 e. The molecule has 7 heteroatoms. The van der Waals surface area contributed by atoms with Crippen molar-refractivity contribution in [3.8, 4) is 5.69 Å². The van der Waals surface area contributed by atoms with Gasteiger partial charge in [0, 0.05) is 6.54 Å². The van der Waals surface area contributed by atoms with Gasteiger partial charge in [-0.05, 0) is 29.5 Å². The number of anilines is 1. The standard InChI is InChI=1S/C12H15N5O2/c1-2-19-11(18)8-9-13-12-14-15-16-17(12)10-6-4-3-5-7-10/h3-7H,2,8-9H2,1H3,(H,13,14,16). The summed E-state index contributed by atoms with van der Waals surface area (Å²) in [7, 11) is 0. The van der Waals surface area contributed by atoms with Crippen LogP contribution in [0.25, 0.3) is 5.69 Å². The van der Waals surface area contributed by atoms with Crippen LogP contribution >= 0.6 is 0 Å². The minimum absolute atomic E-state index is 0.242. The zero-order valence-electron chi connectivity index (χ0n) is 10.6. The Balaban J connectivity index is 1.95. The summed E-state index contributed by atoms with van der Waals surface area (Å²) < 4.78 is 6.41. The third-order valence-corrected chi connectivity index (χ3v) is 2.39. The lowest BCUT2D eigenvalue weighted by Gasteiger charge is -2.06. The zero-order chi connectivity index (χ0) is 13.5. The molecule has 2 rings (SSSR count). The summed E-state index contributed by atoms with van der Waals surface area (Å²) in [5.74, 6) is 0.254. The molecular weight excluding hydrogens is 246 g/mol. The first-order valence-electron chi connectivity index (χ1n) is 6.04. The average Bonchev–Trinajstić information content (AvgIpc) is 2.88. The van der Waals surface area contributed by atoms with Crippen LogP contribution in [0.5, 0.6) is 0 Å². The molecule has 0 unspecified atom stereocenters. The van der Waals surface area contributed by atoms with Crippen LogP contribution in [0.15, 0.2) is 30.3 Å². The lowest BCUT2D eigenvalue weighted by molar-refractivity contribution is -0.142. The predicted octanol–water partition coefficient (Wildman–Crippen LogP) is 1.03. The van der Waals surface area contributed by atoms with Crippen LogP contribution in [0.3, 0.4) is 0 Å². The number of para-hydroxylation sites is 1. The molecule has 2 aromatic rings. The second-order valence-electron chi connectivity index (χ2n) is 3.73. The Bertz CT molecular complexity index is 526. The van der Waals surface area contributed by atoms with Crippen LogP contribution in [-0.4, -0.2) is 39.3 Å². The van der Waals surface area contributed by atoms with Crippen LogP contribution in [0.2, 0.25) is 0 Å². The van der Waals surface area contributed by atoms with E-state index in [2.05, 4.69) is 20.8 Å². The van der Waals surface area contributed by atoms with Crippen molar-refractivity contribution in [3.05, 3.63) is 30.3 Å². The third-order valence-electron chi connectivity index (χ3n) is 2.39. The molecule has 1 N–H and O–H groups in total. The van der Waals surface area contributed by atoms with Gasteiger partial charge in [0.2, 0.25) is 5.95 Å². The lowest BCUT2D eigenvalue weighted by Crippen LogP contribution is -2.14. The van der Waals surface area contributed by atoms with Crippen LogP contribution in [0, 0.1) is 0 Å². The first-order valence-corrected chi connectivity index (χ1v) is 6.04. The fourth-order valence-corrected chi connectivity index (χ4v) is 1.55. The van der Waals surface area contributed by atoms with Crippen molar-refractivity contribution in [2.45, 2.75) is 13.3 Å². The Kier molecular flexibility index (Phi) is 4.44. The highest BCUT2D eigenvalue weighted by Gasteiger charge is 2.08. The van der Waals surface area contributed by atoms with Crippen LogP contribution in [0.4, 0.5) is 5.95 Å². The number of ether oxygens (including phenoxy) is 1. The van der Waals surface area contributed by atoms with Crippen LogP contribution < -0.4 is 5.32 Å². The molecule has 1 aromatic heterocycles. The van der Waals surface area contributed by atoms with Crippen molar-refractivity contribution in [2.24, 2.45) is 0 Å². The Morgan fingerprint density at radius 1 is 1.37 bits per heavy atom. The van der Waals surface area contributed by atoms with Gasteiger partial charge in [-0.3, -0.25) is 4.79 Å². The molecule has 0 fully saturated rings. The monoisotopic (exact) mass is 261 g/mol. The van der Waals surface area contributed by atoms with E-state index in [0.717, 1.165) is 5.69 Å². The minimum atomic E-state index is -0.242. The molecule has 1 heterocycles. The fourth-order valence-electron chi connectivity index (χ4n) is 1.55. The molecule has 0 atom stereocenters. The van der Waals surface area contributed by atoms with E-state index < -0.39 is 0 Å².